The fraction of sp³-hybridized carbons (Fsp3) is 0.391. The van der Waals surface area contributed by atoms with Gasteiger partial charge < -0.3 is 15.0 Å². The third-order valence-electron chi connectivity index (χ3n) is 5.65. The van der Waals surface area contributed by atoms with Crippen LogP contribution >= 0.6 is 0 Å². The first-order chi connectivity index (χ1) is 13.7. The highest BCUT2D eigenvalue weighted by Crippen LogP contribution is 2.28. The van der Waals surface area contributed by atoms with Gasteiger partial charge in [0.05, 0.1) is 0 Å². The van der Waals surface area contributed by atoms with E-state index >= 15 is 0 Å². The average molecular weight is 378 g/mol. The minimum atomic E-state index is -0.378. The van der Waals surface area contributed by atoms with Crippen LogP contribution in [0.1, 0.15) is 47.5 Å². The van der Waals surface area contributed by atoms with Crippen molar-refractivity contribution in [1.29, 1.82) is 0 Å². The summed E-state index contributed by atoms with van der Waals surface area (Å²) in [5.74, 6) is 0.410. The molecule has 2 amide bonds. The lowest BCUT2D eigenvalue weighted by atomic mass is 9.89. The quantitative estimate of drug-likeness (QED) is 0.880. The van der Waals surface area contributed by atoms with Gasteiger partial charge in [0.2, 0.25) is 0 Å². The molecule has 2 aliphatic rings. The van der Waals surface area contributed by atoms with Crippen LogP contribution in [0.15, 0.2) is 54.6 Å². The minimum Gasteiger partial charge on any atom is -0.368 e. The fourth-order valence-corrected chi connectivity index (χ4v) is 4.06. The highest BCUT2D eigenvalue weighted by atomic mass is 16.5. The Morgan fingerprint density at radius 3 is 2.46 bits per heavy atom. The van der Waals surface area contributed by atoms with Gasteiger partial charge in [-0.1, -0.05) is 36.4 Å². The number of rotatable bonds is 4. The van der Waals surface area contributed by atoms with Gasteiger partial charge >= 0.3 is 0 Å². The number of benzene rings is 2. The molecule has 0 aliphatic carbocycles. The molecule has 5 nitrogen and oxygen atoms in total. The molecule has 1 N–H and O–H groups in total. The van der Waals surface area contributed by atoms with Gasteiger partial charge in [-0.15, -0.1) is 0 Å². The van der Waals surface area contributed by atoms with Crippen molar-refractivity contribution in [2.45, 2.75) is 37.7 Å². The first-order valence-electron chi connectivity index (χ1n) is 10.1. The highest BCUT2D eigenvalue weighted by molar-refractivity contribution is 5.98. The molecule has 2 aromatic rings. The number of nitrogens with zero attached hydrogens (tertiary/aromatic N) is 1. The summed E-state index contributed by atoms with van der Waals surface area (Å²) in [5, 5.41) is 2.88. The number of hydrogen-bond donors (Lipinski definition) is 1. The van der Waals surface area contributed by atoms with Crippen LogP contribution in [0.3, 0.4) is 0 Å². The molecule has 2 aromatic carbocycles. The van der Waals surface area contributed by atoms with E-state index in [0.29, 0.717) is 23.8 Å². The summed E-state index contributed by atoms with van der Waals surface area (Å²) in [7, 11) is 0. The van der Waals surface area contributed by atoms with E-state index in [1.807, 2.05) is 29.2 Å². The Labute approximate surface area is 165 Å². The molecule has 0 spiro atoms. The second-order valence-corrected chi connectivity index (χ2v) is 7.55. The van der Waals surface area contributed by atoms with Gasteiger partial charge in [-0.3, -0.25) is 9.59 Å². The molecule has 2 heterocycles. The van der Waals surface area contributed by atoms with E-state index in [0.717, 1.165) is 38.8 Å². The summed E-state index contributed by atoms with van der Waals surface area (Å²) in [6.07, 6.45) is 3.24. The Morgan fingerprint density at radius 1 is 0.964 bits per heavy atom. The maximum atomic E-state index is 12.9. The maximum absolute atomic E-state index is 12.9. The first-order valence-corrected chi connectivity index (χ1v) is 10.1. The molecule has 2 saturated heterocycles. The van der Waals surface area contributed by atoms with E-state index in [1.54, 1.807) is 6.07 Å². The van der Waals surface area contributed by atoms with Crippen LogP contribution in [0.2, 0.25) is 0 Å². The molecule has 0 bridgehead atoms. The predicted molar refractivity (Wildman–Crippen MR) is 108 cm³/mol. The van der Waals surface area contributed by atoms with Crippen molar-refractivity contribution in [2.75, 3.05) is 25.0 Å². The normalized spacial score (nSPS) is 20.1. The van der Waals surface area contributed by atoms with Crippen LogP contribution in [0, 0.1) is 0 Å². The van der Waals surface area contributed by atoms with Crippen molar-refractivity contribution in [1.82, 2.24) is 4.90 Å². The lowest BCUT2D eigenvalue weighted by Crippen LogP contribution is -2.38. The number of ether oxygens (including phenoxy) is 1. The second kappa shape index (κ2) is 8.57. The number of carbonyl (C=O) groups excluding carboxylic acids is 2. The standard InChI is InChI=1S/C23H26N2O3/c26-22(21-10-5-15-28-21)24-20-9-4-8-19(16-20)23(27)25-13-11-18(12-14-25)17-6-2-1-3-7-17/h1-4,6-9,16,18,21H,5,10-15H2,(H,24,26)/t21-/m1/s1. The highest BCUT2D eigenvalue weighted by Gasteiger charge is 2.26. The fourth-order valence-electron chi connectivity index (χ4n) is 4.06. The number of nitrogens with one attached hydrogen (secondary N) is 1. The van der Waals surface area contributed by atoms with Crippen molar-refractivity contribution in [3.63, 3.8) is 0 Å². The summed E-state index contributed by atoms with van der Waals surface area (Å²) >= 11 is 0. The summed E-state index contributed by atoms with van der Waals surface area (Å²) in [5.41, 5.74) is 2.61. The molecular formula is C23H26N2O3. The summed E-state index contributed by atoms with van der Waals surface area (Å²) in [6, 6.07) is 17.7. The van der Waals surface area contributed by atoms with Gasteiger partial charge in [-0.2, -0.15) is 0 Å². The molecule has 28 heavy (non-hydrogen) atoms. The zero-order chi connectivity index (χ0) is 19.3. The molecule has 0 unspecified atom stereocenters. The Balaban J connectivity index is 1.36. The van der Waals surface area contributed by atoms with E-state index in [1.165, 1.54) is 5.56 Å². The number of amides is 2. The van der Waals surface area contributed by atoms with Crippen LogP contribution < -0.4 is 5.32 Å². The third-order valence-corrected chi connectivity index (χ3v) is 5.65. The van der Waals surface area contributed by atoms with Crippen LogP contribution in [-0.2, 0) is 9.53 Å². The number of carbonyl (C=O) groups is 2. The van der Waals surface area contributed by atoms with Crippen LogP contribution in [0.4, 0.5) is 5.69 Å². The molecule has 146 valence electrons. The molecule has 2 aliphatic heterocycles. The Kier molecular flexibility index (Phi) is 5.72. The molecule has 0 saturated carbocycles. The smallest absolute Gasteiger partial charge is 0.253 e. The molecule has 4 rings (SSSR count). The Bertz CT molecular complexity index is 823. The van der Waals surface area contributed by atoms with Crippen molar-refractivity contribution < 1.29 is 14.3 Å². The van der Waals surface area contributed by atoms with Gasteiger partial charge in [-0.25, -0.2) is 0 Å². The monoisotopic (exact) mass is 378 g/mol. The van der Waals surface area contributed by atoms with Gasteiger partial charge in [0, 0.05) is 30.9 Å². The molecule has 0 aromatic heterocycles. The summed E-state index contributed by atoms with van der Waals surface area (Å²) in [4.78, 5) is 27.1. The van der Waals surface area contributed by atoms with Crippen molar-refractivity contribution >= 4 is 17.5 Å². The summed E-state index contributed by atoms with van der Waals surface area (Å²) in [6.45, 7) is 2.14. The molecular weight excluding hydrogens is 352 g/mol. The van der Waals surface area contributed by atoms with E-state index in [2.05, 4.69) is 29.6 Å². The molecule has 5 heteroatoms. The van der Waals surface area contributed by atoms with Crippen LogP contribution in [0.5, 0.6) is 0 Å². The number of likely N-dealkylation sites (tertiary alicyclic amines) is 1. The molecule has 1 atom stereocenters. The lowest BCUT2D eigenvalue weighted by molar-refractivity contribution is -0.124. The topological polar surface area (TPSA) is 58.6 Å². The minimum absolute atomic E-state index is 0.0275. The number of anilines is 1. The van der Waals surface area contributed by atoms with Gasteiger partial charge in [-0.05, 0) is 55.4 Å². The van der Waals surface area contributed by atoms with E-state index in [9.17, 15) is 9.59 Å². The average Bonchev–Trinajstić information content (AvgIpc) is 3.29. The molecule has 0 radical (unpaired) electrons. The van der Waals surface area contributed by atoms with Crippen molar-refractivity contribution in [3.8, 4) is 0 Å². The van der Waals surface area contributed by atoms with Gasteiger partial charge in [0.15, 0.2) is 0 Å². The zero-order valence-corrected chi connectivity index (χ0v) is 16.0. The van der Waals surface area contributed by atoms with Crippen molar-refractivity contribution in [2.24, 2.45) is 0 Å². The number of piperidine rings is 1. The maximum Gasteiger partial charge on any atom is 0.253 e. The third kappa shape index (κ3) is 4.25. The summed E-state index contributed by atoms with van der Waals surface area (Å²) < 4.78 is 5.42. The predicted octanol–water partition coefficient (Wildman–Crippen LogP) is 3.82. The zero-order valence-electron chi connectivity index (χ0n) is 16.0. The number of hydrogen-bond acceptors (Lipinski definition) is 3. The second-order valence-electron chi connectivity index (χ2n) is 7.55. The van der Waals surface area contributed by atoms with Crippen LogP contribution in [-0.4, -0.2) is 42.5 Å². The largest absolute Gasteiger partial charge is 0.368 e. The van der Waals surface area contributed by atoms with Crippen LogP contribution in [0.25, 0.3) is 0 Å². The SMILES string of the molecule is O=C(Nc1cccc(C(=O)N2CCC(c3ccccc3)CC2)c1)[C@H]1CCCO1. The van der Waals surface area contributed by atoms with Gasteiger partial charge in [0.25, 0.3) is 11.8 Å². The van der Waals surface area contributed by atoms with E-state index in [4.69, 9.17) is 4.74 Å². The van der Waals surface area contributed by atoms with E-state index < -0.39 is 0 Å². The van der Waals surface area contributed by atoms with Crippen molar-refractivity contribution in [3.05, 3.63) is 65.7 Å². The first kappa shape index (κ1) is 18.7. The van der Waals surface area contributed by atoms with E-state index in [-0.39, 0.29) is 17.9 Å². The molecule has 2 fully saturated rings. The van der Waals surface area contributed by atoms with Gasteiger partial charge in [0.1, 0.15) is 6.10 Å². The Morgan fingerprint density at radius 2 is 1.75 bits per heavy atom. The Hall–Kier alpha value is -2.66. The lowest BCUT2D eigenvalue weighted by Gasteiger charge is -2.32.